The van der Waals surface area contributed by atoms with E-state index in [-0.39, 0.29) is 26.1 Å². The van der Waals surface area contributed by atoms with Gasteiger partial charge in [0.05, 0.1) is 40.0 Å². The molecule has 4 atom stereocenters. The Bertz CT molecular complexity index is 1180. The Morgan fingerprint density at radius 1 is 0.643 bits per heavy atom. The fourth-order valence-electron chi connectivity index (χ4n) is 5.28. The zero-order valence-electron chi connectivity index (χ0n) is 35.6. The average molecular weight is 813 g/mol. The smallest absolute Gasteiger partial charge is 0.462 e. The van der Waals surface area contributed by atoms with Gasteiger partial charge >= 0.3 is 19.8 Å². The second kappa shape index (κ2) is 35.8. The van der Waals surface area contributed by atoms with Crippen LogP contribution >= 0.6 is 7.82 Å². The first-order valence-corrected chi connectivity index (χ1v) is 22.7. The van der Waals surface area contributed by atoms with Gasteiger partial charge in [0.15, 0.2) is 6.10 Å². The summed E-state index contributed by atoms with van der Waals surface area (Å²) in [6, 6.07) is 0. The molecule has 0 aromatic rings. The van der Waals surface area contributed by atoms with Crippen LogP contribution in [0.5, 0.6) is 0 Å². The summed E-state index contributed by atoms with van der Waals surface area (Å²) in [4.78, 5) is 35.3. The van der Waals surface area contributed by atoms with Crippen molar-refractivity contribution in [3.05, 3.63) is 60.8 Å². The van der Waals surface area contributed by atoms with Crippen LogP contribution in [-0.4, -0.2) is 97.3 Å². The van der Waals surface area contributed by atoms with Gasteiger partial charge in [0.2, 0.25) is 0 Å². The maximum Gasteiger partial charge on any atom is 0.472 e. The molecule has 0 aliphatic heterocycles. The fraction of sp³-hybridized carbons (Fsp3) is 0.727. The van der Waals surface area contributed by atoms with Crippen LogP contribution < -0.4 is 0 Å². The number of hydrogen-bond acceptors (Lipinski definition) is 9. The lowest BCUT2D eigenvalue weighted by molar-refractivity contribution is -0.870. The summed E-state index contributed by atoms with van der Waals surface area (Å²) < 4.78 is 34.0. The number of likely N-dealkylation sites (N-methyl/N-ethyl adjacent to an activating group) is 1. The first-order valence-electron chi connectivity index (χ1n) is 21.2. The Morgan fingerprint density at radius 3 is 1.79 bits per heavy atom. The third-order valence-electron chi connectivity index (χ3n) is 8.73. The second-order valence-corrected chi connectivity index (χ2v) is 16.9. The van der Waals surface area contributed by atoms with Crippen molar-refractivity contribution in [2.45, 2.75) is 161 Å². The number of carbonyl (C=O) groups excluding carboxylic acids is 2. The standard InChI is InChI=1S/C44H78NO10P/c1-6-8-10-11-12-13-14-15-16-17-21-24-28-34-43(48)52-38-42(39-54-56(50,51)53-37-36-45(3,4)5)55-44(49)35-29-33-41(47)32-27-23-20-18-19-22-26-31-40(46)30-25-9-7-2/h13-14,19-20,22-23,26-27,31-32,40-42,46-47H,6-12,15-18,21,24-25,28-30,33-39H2,1-5H3/p+1/b14-13-,22-19-,23-20-,31-26+,32-27+/t40-,41-,42-/m1/s1. The Labute approximate surface area is 340 Å². The number of unbranched alkanes of at least 4 members (excludes halogenated alkanes) is 11. The van der Waals surface area contributed by atoms with Crippen LogP contribution in [0.3, 0.4) is 0 Å². The van der Waals surface area contributed by atoms with E-state index in [1.54, 1.807) is 18.2 Å². The van der Waals surface area contributed by atoms with Gasteiger partial charge in [-0.15, -0.1) is 0 Å². The molecule has 0 amide bonds. The number of quaternary nitrogens is 1. The molecule has 0 saturated heterocycles. The lowest BCUT2D eigenvalue weighted by atomic mass is 10.1. The maximum absolute atomic E-state index is 12.7. The Balaban J connectivity index is 4.67. The summed E-state index contributed by atoms with van der Waals surface area (Å²) in [5, 5.41) is 20.2. The van der Waals surface area contributed by atoms with Crippen molar-refractivity contribution in [3.63, 3.8) is 0 Å². The van der Waals surface area contributed by atoms with Crippen LogP contribution in [-0.2, 0) is 32.7 Å². The molecule has 0 aliphatic rings. The molecule has 0 heterocycles. The van der Waals surface area contributed by atoms with Gasteiger partial charge in [0.25, 0.3) is 0 Å². The molecule has 324 valence electrons. The van der Waals surface area contributed by atoms with Crippen molar-refractivity contribution in [1.29, 1.82) is 0 Å². The molecule has 12 heteroatoms. The quantitative estimate of drug-likeness (QED) is 0.0138. The zero-order chi connectivity index (χ0) is 41.8. The lowest BCUT2D eigenvalue weighted by Crippen LogP contribution is -2.37. The molecule has 1 unspecified atom stereocenters. The SMILES string of the molecule is CCCCCC/C=C\CCCCCCCC(=O)OC[C@H](COP(=O)(O)OCC[N+](C)(C)C)OC(=O)CCC[C@H](O)/C=C/C=C\C/C=C\C=C\[C@H](O)CCCCC. The van der Waals surface area contributed by atoms with Gasteiger partial charge in [-0.1, -0.05) is 132 Å². The summed E-state index contributed by atoms with van der Waals surface area (Å²) in [5.41, 5.74) is 0. The third-order valence-corrected chi connectivity index (χ3v) is 9.71. The van der Waals surface area contributed by atoms with E-state index < -0.39 is 44.7 Å². The molecule has 0 radical (unpaired) electrons. The van der Waals surface area contributed by atoms with Gasteiger partial charge in [-0.05, 0) is 57.8 Å². The Hall–Kier alpha value is -2.37. The van der Waals surface area contributed by atoms with Crippen LogP contribution in [0.2, 0.25) is 0 Å². The van der Waals surface area contributed by atoms with Crippen LogP contribution in [0.15, 0.2) is 60.8 Å². The lowest BCUT2D eigenvalue weighted by Gasteiger charge is -2.24. The van der Waals surface area contributed by atoms with Crippen molar-refractivity contribution in [2.75, 3.05) is 47.5 Å². The number of hydrogen-bond donors (Lipinski definition) is 3. The first kappa shape index (κ1) is 53.6. The number of esters is 2. The van der Waals surface area contributed by atoms with Crippen LogP contribution in [0.25, 0.3) is 0 Å². The highest BCUT2D eigenvalue weighted by molar-refractivity contribution is 7.47. The molecule has 3 N–H and O–H groups in total. The number of ether oxygens (including phenoxy) is 2. The molecule has 0 aromatic heterocycles. The number of aliphatic hydroxyl groups is 2. The molecule has 0 rings (SSSR count). The van der Waals surface area contributed by atoms with Crippen molar-refractivity contribution in [1.82, 2.24) is 0 Å². The van der Waals surface area contributed by atoms with Crippen molar-refractivity contribution >= 4 is 19.8 Å². The predicted octanol–water partition coefficient (Wildman–Crippen LogP) is 9.63. The molecule has 0 aromatic carbocycles. The fourth-order valence-corrected chi connectivity index (χ4v) is 6.02. The normalized spacial score (nSPS) is 15.4. The van der Waals surface area contributed by atoms with Crippen molar-refractivity contribution < 1.29 is 52.3 Å². The summed E-state index contributed by atoms with van der Waals surface area (Å²) in [6.45, 7) is 4.00. The minimum absolute atomic E-state index is 0.0116. The van der Waals surface area contributed by atoms with E-state index >= 15 is 0 Å². The van der Waals surface area contributed by atoms with E-state index in [1.165, 1.54) is 25.7 Å². The summed E-state index contributed by atoms with van der Waals surface area (Å²) in [5.74, 6) is -1.04. The summed E-state index contributed by atoms with van der Waals surface area (Å²) in [6.07, 6.45) is 34.8. The topological polar surface area (TPSA) is 149 Å². The highest BCUT2D eigenvalue weighted by Gasteiger charge is 2.27. The van der Waals surface area contributed by atoms with Gasteiger partial charge in [0, 0.05) is 12.8 Å². The molecule has 0 spiro atoms. The van der Waals surface area contributed by atoms with Crippen LogP contribution in [0, 0.1) is 0 Å². The number of phosphoric acid groups is 1. The summed E-state index contributed by atoms with van der Waals surface area (Å²) in [7, 11) is 1.32. The number of allylic oxidation sites excluding steroid dienone is 8. The zero-order valence-corrected chi connectivity index (χ0v) is 36.5. The minimum Gasteiger partial charge on any atom is -0.462 e. The van der Waals surface area contributed by atoms with E-state index in [2.05, 4.69) is 26.0 Å². The van der Waals surface area contributed by atoms with Gasteiger partial charge < -0.3 is 29.1 Å². The van der Waals surface area contributed by atoms with E-state index in [0.717, 1.165) is 64.2 Å². The molecule has 56 heavy (non-hydrogen) atoms. The number of aliphatic hydroxyl groups excluding tert-OH is 2. The average Bonchev–Trinajstić information content (AvgIpc) is 3.13. The molecule has 0 aliphatic carbocycles. The monoisotopic (exact) mass is 813 g/mol. The Morgan fingerprint density at radius 2 is 1.18 bits per heavy atom. The van der Waals surface area contributed by atoms with E-state index in [0.29, 0.717) is 36.7 Å². The number of carbonyl (C=O) groups is 2. The first-order chi connectivity index (χ1) is 26.8. The molecule has 0 bridgehead atoms. The van der Waals surface area contributed by atoms with Gasteiger partial charge in [-0.3, -0.25) is 18.6 Å². The molecule has 0 fully saturated rings. The van der Waals surface area contributed by atoms with Crippen molar-refractivity contribution in [2.24, 2.45) is 0 Å². The second-order valence-electron chi connectivity index (χ2n) is 15.4. The highest BCUT2D eigenvalue weighted by atomic mass is 31.2. The molecule has 11 nitrogen and oxygen atoms in total. The predicted molar refractivity (Wildman–Crippen MR) is 227 cm³/mol. The van der Waals surface area contributed by atoms with Gasteiger partial charge in [-0.25, -0.2) is 4.57 Å². The third kappa shape index (κ3) is 38.5. The number of nitrogens with zero attached hydrogens (tertiary/aromatic N) is 1. The maximum atomic E-state index is 12.7. The number of phosphoric ester groups is 1. The van der Waals surface area contributed by atoms with Crippen LogP contribution in [0.1, 0.15) is 142 Å². The number of rotatable bonds is 37. The van der Waals surface area contributed by atoms with E-state index in [9.17, 15) is 29.3 Å². The Kier molecular flexibility index (Phi) is 34.3. The van der Waals surface area contributed by atoms with E-state index in [4.69, 9.17) is 18.5 Å². The van der Waals surface area contributed by atoms with Crippen molar-refractivity contribution in [3.8, 4) is 0 Å². The summed E-state index contributed by atoms with van der Waals surface area (Å²) >= 11 is 0. The van der Waals surface area contributed by atoms with Gasteiger partial charge in [0.1, 0.15) is 19.8 Å². The molecular weight excluding hydrogens is 733 g/mol. The molecular formula is C44H79NO10P+. The molecule has 0 saturated carbocycles. The largest absolute Gasteiger partial charge is 0.472 e. The van der Waals surface area contributed by atoms with E-state index in [1.807, 2.05) is 51.5 Å². The van der Waals surface area contributed by atoms with Crippen LogP contribution in [0.4, 0.5) is 0 Å². The van der Waals surface area contributed by atoms with Gasteiger partial charge in [-0.2, -0.15) is 0 Å². The minimum atomic E-state index is -4.44. The highest BCUT2D eigenvalue weighted by Crippen LogP contribution is 2.43.